The van der Waals surface area contributed by atoms with Crippen LogP contribution in [0, 0.1) is 10.1 Å². The van der Waals surface area contributed by atoms with Gasteiger partial charge in [0.2, 0.25) is 0 Å². The van der Waals surface area contributed by atoms with E-state index in [1.54, 1.807) is 35.6 Å². The molecule has 0 radical (unpaired) electrons. The molecular formula is C24H15N3O4S. The predicted molar refractivity (Wildman–Crippen MR) is 124 cm³/mol. The number of anilines is 1. The number of hydrogen-bond donors (Lipinski definition) is 1. The van der Waals surface area contributed by atoms with Crippen LogP contribution in [0.25, 0.3) is 32.1 Å². The van der Waals surface area contributed by atoms with Gasteiger partial charge >= 0.3 is 0 Å². The molecule has 0 bridgehead atoms. The van der Waals surface area contributed by atoms with Gasteiger partial charge in [0.25, 0.3) is 11.6 Å². The molecule has 0 saturated heterocycles. The summed E-state index contributed by atoms with van der Waals surface area (Å²) in [4.78, 5) is 28.1. The highest BCUT2D eigenvalue weighted by Crippen LogP contribution is 2.35. The van der Waals surface area contributed by atoms with Crippen LogP contribution in [0.1, 0.15) is 10.6 Å². The summed E-state index contributed by atoms with van der Waals surface area (Å²) in [6, 6.07) is 24.5. The Bertz CT molecular complexity index is 1440. The van der Waals surface area contributed by atoms with E-state index >= 15 is 0 Å². The first-order chi connectivity index (χ1) is 15.6. The first kappa shape index (κ1) is 19.7. The molecule has 1 amide bonds. The Balaban J connectivity index is 1.42. The number of nitro groups is 1. The highest BCUT2D eigenvalue weighted by atomic mass is 32.1. The average Bonchev–Trinajstić information content (AvgIpc) is 3.47. The fourth-order valence-electron chi connectivity index (χ4n) is 3.34. The summed E-state index contributed by atoms with van der Waals surface area (Å²) >= 11 is 1.55. The zero-order chi connectivity index (χ0) is 22.1. The molecule has 1 N–H and O–H groups in total. The molecule has 0 unspecified atom stereocenters. The lowest BCUT2D eigenvalue weighted by Gasteiger charge is -2.08. The van der Waals surface area contributed by atoms with Crippen molar-refractivity contribution in [2.45, 2.75) is 0 Å². The number of amides is 1. The molecule has 32 heavy (non-hydrogen) atoms. The van der Waals surface area contributed by atoms with Gasteiger partial charge in [0, 0.05) is 23.3 Å². The zero-order valence-corrected chi connectivity index (χ0v) is 17.3. The van der Waals surface area contributed by atoms with E-state index in [0.29, 0.717) is 17.0 Å². The van der Waals surface area contributed by atoms with Crippen LogP contribution in [0.4, 0.5) is 11.4 Å². The summed E-state index contributed by atoms with van der Waals surface area (Å²) in [7, 11) is 0. The number of hydrogen-bond acceptors (Lipinski definition) is 6. The number of non-ortho nitro benzene ring substituents is 1. The molecule has 2 aromatic heterocycles. The van der Waals surface area contributed by atoms with Crippen LogP contribution in [0.2, 0.25) is 0 Å². The molecular weight excluding hydrogens is 426 g/mol. The van der Waals surface area contributed by atoms with Crippen molar-refractivity contribution in [1.82, 2.24) is 4.98 Å². The van der Waals surface area contributed by atoms with Crippen molar-refractivity contribution in [3.63, 3.8) is 0 Å². The van der Waals surface area contributed by atoms with Gasteiger partial charge < -0.3 is 9.73 Å². The summed E-state index contributed by atoms with van der Waals surface area (Å²) in [6.07, 6.45) is 0. The van der Waals surface area contributed by atoms with Crippen molar-refractivity contribution < 1.29 is 14.1 Å². The number of rotatable bonds is 5. The quantitative estimate of drug-likeness (QED) is 0.252. The van der Waals surface area contributed by atoms with Crippen molar-refractivity contribution in [2.75, 3.05) is 5.32 Å². The van der Waals surface area contributed by atoms with E-state index in [2.05, 4.69) is 10.3 Å². The Morgan fingerprint density at radius 3 is 2.62 bits per heavy atom. The van der Waals surface area contributed by atoms with E-state index in [1.807, 2.05) is 48.5 Å². The van der Waals surface area contributed by atoms with E-state index < -0.39 is 10.8 Å². The van der Waals surface area contributed by atoms with Crippen molar-refractivity contribution in [3.8, 4) is 21.9 Å². The molecule has 0 spiro atoms. The molecule has 0 aliphatic rings. The van der Waals surface area contributed by atoms with Crippen LogP contribution in [-0.4, -0.2) is 15.8 Å². The van der Waals surface area contributed by atoms with E-state index in [4.69, 9.17) is 4.42 Å². The number of thiazole rings is 1. The molecule has 5 rings (SSSR count). The number of furan rings is 1. The maximum absolute atomic E-state index is 12.9. The maximum Gasteiger partial charge on any atom is 0.291 e. The number of carbonyl (C=O) groups is 1. The number of carbonyl (C=O) groups excluding carboxylic acids is 1. The number of para-hydroxylation sites is 2. The Morgan fingerprint density at radius 2 is 1.78 bits per heavy atom. The van der Waals surface area contributed by atoms with Crippen molar-refractivity contribution in [3.05, 3.63) is 101 Å². The highest BCUT2D eigenvalue weighted by Gasteiger charge is 2.17. The highest BCUT2D eigenvalue weighted by molar-refractivity contribution is 7.21. The molecule has 8 heteroatoms. The van der Waals surface area contributed by atoms with Gasteiger partial charge in [0.15, 0.2) is 5.76 Å². The summed E-state index contributed by atoms with van der Waals surface area (Å²) in [6.45, 7) is 0. The Hall–Kier alpha value is -4.30. The zero-order valence-electron chi connectivity index (χ0n) is 16.5. The van der Waals surface area contributed by atoms with Gasteiger partial charge in [-0.3, -0.25) is 14.9 Å². The van der Waals surface area contributed by atoms with Gasteiger partial charge in [0.05, 0.1) is 20.8 Å². The third kappa shape index (κ3) is 3.75. The van der Waals surface area contributed by atoms with E-state index in [0.717, 1.165) is 20.8 Å². The summed E-state index contributed by atoms with van der Waals surface area (Å²) in [5.74, 6) is 0.0548. The predicted octanol–water partition coefficient (Wildman–Crippen LogP) is 6.38. The second kappa shape index (κ2) is 8.09. The van der Waals surface area contributed by atoms with Gasteiger partial charge in [-0.15, -0.1) is 11.3 Å². The van der Waals surface area contributed by atoms with Gasteiger partial charge in [-0.1, -0.05) is 36.4 Å². The first-order valence-corrected chi connectivity index (χ1v) is 10.5. The van der Waals surface area contributed by atoms with Crippen LogP contribution >= 0.6 is 11.3 Å². The van der Waals surface area contributed by atoms with Gasteiger partial charge in [-0.25, -0.2) is 4.98 Å². The minimum absolute atomic E-state index is 0.0466. The number of benzene rings is 3. The van der Waals surface area contributed by atoms with Gasteiger partial charge in [-0.2, -0.15) is 0 Å². The van der Waals surface area contributed by atoms with Crippen LogP contribution < -0.4 is 5.32 Å². The summed E-state index contributed by atoms with van der Waals surface area (Å²) in [5, 5.41) is 14.7. The second-order valence-corrected chi connectivity index (χ2v) is 7.99. The molecule has 0 aliphatic heterocycles. The average molecular weight is 441 g/mol. The number of nitrogens with zero attached hydrogens (tertiary/aromatic N) is 2. The van der Waals surface area contributed by atoms with E-state index in [1.165, 1.54) is 12.1 Å². The van der Waals surface area contributed by atoms with Crippen molar-refractivity contribution in [2.24, 2.45) is 0 Å². The molecule has 0 aliphatic carbocycles. The standard InChI is InChI=1S/C24H15N3O4S/c28-23(21-13-12-20(31-21)15-6-5-7-16(14-15)27(29)30)25-18-9-2-1-8-17(18)24-26-19-10-3-4-11-22(19)32-24/h1-14H,(H,25,28). The minimum Gasteiger partial charge on any atom is -0.451 e. The molecule has 0 atom stereocenters. The molecule has 3 aromatic carbocycles. The molecule has 0 saturated carbocycles. The monoisotopic (exact) mass is 441 g/mol. The third-order valence-electron chi connectivity index (χ3n) is 4.87. The smallest absolute Gasteiger partial charge is 0.291 e. The van der Waals surface area contributed by atoms with E-state index in [9.17, 15) is 14.9 Å². The molecule has 5 aromatic rings. The van der Waals surface area contributed by atoms with E-state index in [-0.39, 0.29) is 11.4 Å². The van der Waals surface area contributed by atoms with Gasteiger partial charge in [0.1, 0.15) is 10.8 Å². The lowest BCUT2D eigenvalue weighted by Crippen LogP contribution is -2.11. The van der Waals surface area contributed by atoms with Crippen LogP contribution in [0.15, 0.2) is 89.3 Å². The Kier molecular flexibility index (Phi) is 4.97. The van der Waals surface area contributed by atoms with Crippen molar-refractivity contribution in [1.29, 1.82) is 0 Å². The lowest BCUT2D eigenvalue weighted by molar-refractivity contribution is -0.384. The van der Waals surface area contributed by atoms with Crippen molar-refractivity contribution >= 4 is 38.8 Å². The Morgan fingerprint density at radius 1 is 0.969 bits per heavy atom. The van der Waals surface area contributed by atoms with Crippen LogP contribution in [0.5, 0.6) is 0 Å². The number of nitrogens with one attached hydrogen (secondary N) is 1. The van der Waals surface area contributed by atoms with Crippen LogP contribution in [0.3, 0.4) is 0 Å². The fraction of sp³-hybridized carbons (Fsp3) is 0. The third-order valence-corrected chi connectivity index (χ3v) is 5.94. The molecule has 2 heterocycles. The van der Waals surface area contributed by atoms with Crippen LogP contribution in [-0.2, 0) is 0 Å². The molecule has 7 nitrogen and oxygen atoms in total. The first-order valence-electron chi connectivity index (χ1n) is 9.69. The number of fused-ring (bicyclic) bond motifs is 1. The second-order valence-electron chi connectivity index (χ2n) is 6.96. The molecule has 0 fully saturated rings. The van der Waals surface area contributed by atoms with Gasteiger partial charge in [-0.05, 0) is 36.4 Å². The summed E-state index contributed by atoms with van der Waals surface area (Å²) in [5.41, 5.74) is 2.81. The lowest BCUT2D eigenvalue weighted by atomic mass is 10.1. The largest absolute Gasteiger partial charge is 0.451 e. The normalized spacial score (nSPS) is 10.9. The molecule has 156 valence electrons. The fourth-order valence-corrected chi connectivity index (χ4v) is 4.34. The SMILES string of the molecule is O=C(Nc1ccccc1-c1nc2ccccc2s1)c1ccc(-c2cccc([N+](=O)[O-])c2)o1. The number of nitro benzene ring substituents is 1. The number of aromatic nitrogens is 1. The topological polar surface area (TPSA) is 98.3 Å². The summed E-state index contributed by atoms with van der Waals surface area (Å²) < 4.78 is 6.75. The maximum atomic E-state index is 12.9. The minimum atomic E-state index is -0.473. The Labute approximate surface area is 186 Å².